The van der Waals surface area contributed by atoms with Crippen LogP contribution >= 0.6 is 0 Å². The lowest BCUT2D eigenvalue weighted by atomic mass is 9.96. The Balaban J connectivity index is 0.700. The highest BCUT2D eigenvalue weighted by atomic mass is 32.2. The molecule has 3 aromatic rings. The first-order chi connectivity index (χ1) is 32.0. The first kappa shape index (κ1) is 46.6. The molecule has 5 aliphatic heterocycles. The second kappa shape index (κ2) is 18.0. The third kappa shape index (κ3) is 8.77. The van der Waals surface area contributed by atoms with E-state index in [-0.39, 0.29) is 49.2 Å². The monoisotopic (exact) mass is 958 g/mol. The molecule has 364 valence electrons. The summed E-state index contributed by atoms with van der Waals surface area (Å²) in [7, 11) is -3.05. The molecule has 3 amide bonds. The standard InChI is InChI=1S/C48H70N10O7SSi/c1-32-7-6-8-38(32)58-43-37(48(18-19-48)45(58)61)28-49-46(51-43)50-34-15-23-55(24-16-34)66(63,64)36-17-20-53(30-36)29-33-13-21-54(22-14-33)35-9-10-39-41(27-35)52(2)47(62)57(39)40-11-12-42(59)56(44(40)60)31-65-25-26-67(3,4)5/h9-10,27-28,32-34,36,38,40H,6-8,11-26,29-31H2,1-5H3,(H,49,50,51). The van der Waals surface area contributed by atoms with Crippen molar-refractivity contribution in [1.29, 1.82) is 0 Å². The number of carbonyl (C=O) groups excluding carboxylic acids is 3. The molecule has 2 aliphatic carbocycles. The molecule has 6 fully saturated rings. The number of benzene rings is 1. The smallest absolute Gasteiger partial charge is 0.329 e. The number of amides is 3. The third-order valence-electron chi connectivity index (χ3n) is 16.4. The number of carbonyl (C=O) groups is 3. The molecule has 1 N–H and O–H groups in total. The molecular weight excluding hydrogens is 889 g/mol. The number of aromatic nitrogens is 4. The van der Waals surface area contributed by atoms with Crippen molar-refractivity contribution >= 4 is 64.3 Å². The number of likely N-dealkylation sites (tertiary alicyclic amines) is 2. The average molecular weight is 959 g/mol. The second-order valence-electron chi connectivity index (χ2n) is 22.1. The van der Waals surface area contributed by atoms with E-state index >= 15 is 0 Å². The summed E-state index contributed by atoms with van der Waals surface area (Å²) >= 11 is 0. The van der Waals surface area contributed by atoms with E-state index in [1.165, 1.54) is 4.90 Å². The van der Waals surface area contributed by atoms with Crippen molar-refractivity contribution in [2.75, 3.05) is 74.3 Å². The Bertz CT molecular complexity index is 2580. The maximum Gasteiger partial charge on any atom is 0.329 e. The molecule has 4 saturated heterocycles. The van der Waals surface area contributed by atoms with Crippen LogP contribution in [0.3, 0.4) is 0 Å². The van der Waals surface area contributed by atoms with Crippen molar-refractivity contribution in [3.8, 4) is 0 Å². The molecule has 4 atom stereocenters. The summed E-state index contributed by atoms with van der Waals surface area (Å²) < 4.78 is 38.7. The Morgan fingerprint density at radius 3 is 2.37 bits per heavy atom. The highest BCUT2D eigenvalue weighted by molar-refractivity contribution is 7.89. The number of hydrogen-bond donors (Lipinski definition) is 1. The Morgan fingerprint density at radius 1 is 0.910 bits per heavy atom. The first-order valence-corrected chi connectivity index (χ1v) is 30.3. The van der Waals surface area contributed by atoms with Crippen LogP contribution in [0.4, 0.5) is 17.5 Å². The summed E-state index contributed by atoms with van der Waals surface area (Å²) in [6.45, 7) is 14.2. The highest BCUT2D eigenvalue weighted by Crippen LogP contribution is 2.58. The van der Waals surface area contributed by atoms with Gasteiger partial charge >= 0.3 is 5.69 Å². The van der Waals surface area contributed by atoms with Gasteiger partial charge in [0.05, 0.1) is 21.7 Å². The van der Waals surface area contributed by atoms with Crippen LogP contribution in [0.25, 0.3) is 11.0 Å². The van der Waals surface area contributed by atoms with E-state index in [0.717, 1.165) is 99.8 Å². The van der Waals surface area contributed by atoms with E-state index in [2.05, 4.69) is 46.7 Å². The maximum absolute atomic E-state index is 14.0. The number of piperidine rings is 3. The molecule has 7 heterocycles. The Morgan fingerprint density at radius 2 is 1.67 bits per heavy atom. The number of hydrogen-bond acceptors (Lipinski definition) is 12. The van der Waals surface area contributed by atoms with Crippen molar-refractivity contribution in [3.63, 3.8) is 0 Å². The minimum Gasteiger partial charge on any atom is -0.371 e. The fraction of sp³-hybridized carbons (Fsp3) is 0.708. The molecule has 19 heteroatoms. The van der Waals surface area contributed by atoms with Gasteiger partial charge in [0.1, 0.15) is 18.6 Å². The van der Waals surface area contributed by atoms with E-state index in [9.17, 15) is 27.6 Å². The Labute approximate surface area is 395 Å². The van der Waals surface area contributed by atoms with Gasteiger partial charge in [0.2, 0.25) is 27.8 Å². The molecule has 1 aromatic carbocycles. The van der Waals surface area contributed by atoms with Gasteiger partial charge in [-0.1, -0.05) is 33.0 Å². The van der Waals surface area contributed by atoms with Crippen LogP contribution in [-0.2, 0) is 41.6 Å². The molecule has 10 rings (SSSR count). The number of imidazole rings is 1. The fourth-order valence-corrected chi connectivity index (χ4v) is 14.7. The van der Waals surface area contributed by atoms with Crippen LogP contribution in [0.5, 0.6) is 0 Å². The SMILES string of the molecule is CC1CCCC1N1C(=O)C2(CC2)c2cnc(NC3CCN(S(=O)(=O)C4CCN(CC5CCN(c6ccc7c(c6)n(C)c(=O)n7C6CCC(=O)N(COCC[Si](C)(C)C)C6=O)CC5)C4)CC3)nc21. The summed E-state index contributed by atoms with van der Waals surface area (Å²) in [5, 5.41) is 3.11. The molecule has 1 spiro atoms. The van der Waals surface area contributed by atoms with Crippen LogP contribution in [0.1, 0.15) is 95.6 Å². The Kier molecular flexibility index (Phi) is 12.5. The number of fused-ring (bicyclic) bond motifs is 3. The topological polar surface area (TPSA) is 176 Å². The molecule has 2 aromatic heterocycles. The number of nitrogens with one attached hydrogen (secondary N) is 1. The molecule has 7 aliphatic rings. The predicted octanol–water partition coefficient (Wildman–Crippen LogP) is 4.90. The zero-order valence-corrected chi connectivity index (χ0v) is 41.9. The third-order valence-corrected chi connectivity index (χ3v) is 20.4. The van der Waals surface area contributed by atoms with Gasteiger partial charge in [-0.25, -0.2) is 22.5 Å². The number of anilines is 3. The summed E-state index contributed by atoms with van der Waals surface area (Å²) in [6, 6.07) is 6.40. The molecule has 17 nitrogen and oxygen atoms in total. The minimum absolute atomic E-state index is 0.0536. The van der Waals surface area contributed by atoms with Gasteiger partial charge in [-0.3, -0.25) is 33.3 Å². The van der Waals surface area contributed by atoms with Crippen LogP contribution in [0.15, 0.2) is 29.2 Å². The number of sulfonamides is 1. The van der Waals surface area contributed by atoms with Gasteiger partial charge in [0, 0.05) is 96.9 Å². The summed E-state index contributed by atoms with van der Waals surface area (Å²) in [6.07, 6.45) is 11.3. The van der Waals surface area contributed by atoms with Gasteiger partial charge in [-0.15, -0.1) is 0 Å². The highest BCUT2D eigenvalue weighted by Gasteiger charge is 2.62. The van der Waals surface area contributed by atoms with Gasteiger partial charge in [-0.2, -0.15) is 4.98 Å². The van der Waals surface area contributed by atoms with Crippen molar-refractivity contribution in [1.82, 2.24) is 33.2 Å². The molecule has 67 heavy (non-hydrogen) atoms. The van der Waals surface area contributed by atoms with E-state index in [1.54, 1.807) is 20.5 Å². The van der Waals surface area contributed by atoms with Crippen molar-refractivity contribution in [2.45, 2.75) is 138 Å². The summed E-state index contributed by atoms with van der Waals surface area (Å²) in [5.41, 5.74) is 2.73. The molecule has 0 bridgehead atoms. The normalized spacial score (nSPS) is 26.8. The van der Waals surface area contributed by atoms with E-state index in [0.29, 0.717) is 68.8 Å². The van der Waals surface area contributed by atoms with Crippen molar-refractivity contribution < 1.29 is 27.5 Å². The number of nitrogens with zero attached hydrogens (tertiary/aromatic N) is 9. The zero-order valence-electron chi connectivity index (χ0n) is 40.1. The minimum atomic E-state index is -3.45. The number of rotatable bonds is 14. The quantitative estimate of drug-likeness (QED) is 0.132. The molecular formula is C48H70N10O7SSi. The van der Waals surface area contributed by atoms with E-state index in [1.807, 2.05) is 29.3 Å². The number of aryl methyl sites for hydroxylation is 1. The lowest BCUT2D eigenvalue weighted by molar-refractivity contribution is -0.157. The second-order valence-corrected chi connectivity index (χ2v) is 29.9. The van der Waals surface area contributed by atoms with Crippen molar-refractivity contribution in [3.05, 3.63) is 40.4 Å². The molecule has 4 unspecified atom stereocenters. The fourth-order valence-electron chi connectivity index (χ4n) is 12.0. The van der Waals surface area contributed by atoms with Crippen LogP contribution < -0.4 is 20.8 Å². The average Bonchev–Trinajstić information content (AvgIpc) is 3.51. The van der Waals surface area contributed by atoms with E-state index in [4.69, 9.17) is 9.72 Å². The summed E-state index contributed by atoms with van der Waals surface area (Å²) in [4.78, 5) is 71.4. The maximum atomic E-state index is 14.0. The van der Waals surface area contributed by atoms with Gasteiger partial charge in [-0.05, 0) is 107 Å². The number of imide groups is 1. The van der Waals surface area contributed by atoms with Gasteiger partial charge in [0.15, 0.2) is 0 Å². The Hall–Kier alpha value is -4.17. The zero-order chi connectivity index (χ0) is 47.0. The largest absolute Gasteiger partial charge is 0.371 e. The van der Waals surface area contributed by atoms with Crippen LogP contribution in [-0.4, -0.2) is 144 Å². The lowest BCUT2D eigenvalue weighted by Gasteiger charge is -2.35. The first-order valence-electron chi connectivity index (χ1n) is 25.1. The molecule has 0 radical (unpaired) electrons. The summed E-state index contributed by atoms with van der Waals surface area (Å²) in [5.74, 6) is 1.76. The lowest BCUT2D eigenvalue weighted by Crippen LogP contribution is -2.48. The predicted molar refractivity (Wildman–Crippen MR) is 260 cm³/mol. The van der Waals surface area contributed by atoms with Crippen LogP contribution in [0, 0.1) is 11.8 Å². The van der Waals surface area contributed by atoms with Crippen LogP contribution in [0.2, 0.25) is 25.7 Å². The number of ether oxygens (including phenoxy) is 1. The van der Waals surface area contributed by atoms with Crippen molar-refractivity contribution in [2.24, 2.45) is 18.9 Å². The van der Waals surface area contributed by atoms with Gasteiger partial charge < -0.3 is 19.9 Å². The van der Waals surface area contributed by atoms with Gasteiger partial charge in [0.25, 0.3) is 5.91 Å². The molecule has 2 saturated carbocycles. The van der Waals surface area contributed by atoms with E-state index < -0.39 is 40.7 Å².